The van der Waals surface area contributed by atoms with Gasteiger partial charge in [0.15, 0.2) is 17.0 Å². The monoisotopic (exact) mass is 432 g/mol. The number of nitrogens with zero attached hydrogens (tertiary/aromatic N) is 3. The number of nitriles is 3. The zero-order chi connectivity index (χ0) is 22.9. The summed E-state index contributed by atoms with van der Waals surface area (Å²) < 4.78 is 38.2. The molecular weight excluding hydrogens is 414 g/mol. The summed E-state index contributed by atoms with van der Waals surface area (Å²) >= 11 is 0. The molecule has 2 aliphatic rings. The second-order valence-electron chi connectivity index (χ2n) is 7.77. The third kappa shape index (κ3) is 3.29. The number of furan rings is 1. The highest BCUT2D eigenvalue weighted by Gasteiger charge is 2.55. The second-order valence-corrected chi connectivity index (χ2v) is 7.77. The first-order chi connectivity index (χ1) is 15.4. The minimum absolute atomic E-state index is 0.0676. The van der Waals surface area contributed by atoms with Gasteiger partial charge in [-0.3, -0.25) is 0 Å². The summed E-state index contributed by atoms with van der Waals surface area (Å²) in [6.07, 6.45) is 4.24. The van der Waals surface area contributed by atoms with Crippen molar-refractivity contribution in [2.24, 2.45) is 17.1 Å². The summed E-state index contributed by atoms with van der Waals surface area (Å²) in [7, 11) is 0. The minimum atomic E-state index is -1.76. The SMILES string of the molecule is N#CC1=C(N)C(C#N)(C#N)[C@@H](c2ccc(COc3ccc(F)cc3F)o2)[C@H]2CCCC=C12. The highest BCUT2D eigenvalue weighted by molar-refractivity contribution is 5.58. The zero-order valence-corrected chi connectivity index (χ0v) is 16.9. The Labute approximate surface area is 183 Å². The Balaban J connectivity index is 1.70. The third-order valence-corrected chi connectivity index (χ3v) is 6.05. The van der Waals surface area contributed by atoms with Crippen molar-refractivity contribution in [2.75, 3.05) is 0 Å². The summed E-state index contributed by atoms with van der Waals surface area (Å²) in [5.41, 5.74) is 5.33. The number of allylic oxidation sites excluding steroid dienone is 4. The molecule has 0 spiro atoms. The minimum Gasteiger partial charge on any atom is -0.483 e. The average molecular weight is 432 g/mol. The van der Waals surface area contributed by atoms with Gasteiger partial charge in [-0.1, -0.05) is 6.08 Å². The molecule has 0 radical (unpaired) electrons. The van der Waals surface area contributed by atoms with E-state index in [2.05, 4.69) is 6.07 Å². The fourth-order valence-electron chi connectivity index (χ4n) is 4.56. The summed E-state index contributed by atoms with van der Waals surface area (Å²) in [6, 6.07) is 12.4. The van der Waals surface area contributed by atoms with Crippen molar-refractivity contribution < 1.29 is 17.9 Å². The van der Waals surface area contributed by atoms with Gasteiger partial charge in [0.2, 0.25) is 0 Å². The number of hydrogen-bond donors (Lipinski definition) is 1. The summed E-state index contributed by atoms with van der Waals surface area (Å²) in [4.78, 5) is 0. The van der Waals surface area contributed by atoms with Gasteiger partial charge in [-0.05, 0) is 55.0 Å². The van der Waals surface area contributed by atoms with E-state index in [-0.39, 0.29) is 29.5 Å². The molecule has 0 saturated carbocycles. The van der Waals surface area contributed by atoms with Gasteiger partial charge in [0, 0.05) is 6.07 Å². The van der Waals surface area contributed by atoms with Crippen molar-refractivity contribution in [2.45, 2.75) is 31.8 Å². The van der Waals surface area contributed by atoms with Gasteiger partial charge in [0.25, 0.3) is 0 Å². The summed E-state index contributed by atoms with van der Waals surface area (Å²) in [5.74, 6) is -1.97. The molecule has 160 valence electrons. The van der Waals surface area contributed by atoms with Gasteiger partial charge in [-0.2, -0.15) is 15.8 Å². The van der Waals surface area contributed by atoms with Crippen molar-refractivity contribution in [3.8, 4) is 24.0 Å². The molecule has 2 N–H and O–H groups in total. The highest BCUT2D eigenvalue weighted by atomic mass is 19.1. The van der Waals surface area contributed by atoms with E-state index in [1.165, 1.54) is 6.07 Å². The van der Waals surface area contributed by atoms with Crippen LogP contribution in [0.15, 0.2) is 57.7 Å². The first-order valence-electron chi connectivity index (χ1n) is 10.0. The molecule has 0 aliphatic heterocycles. The zero-order valence-electron chi connectivity index (χ0n) is 16.9. The lowest BCUT2D eigenvalue weighted by Gasteiger charge is -2.42. The van der Waals surface area contributed by atoms with Gasteiger partial charge in [-0.25, -0.2) is 8.78 Å². The van der Waals surface area contributed by atoms with Crippen LogP contribution in [0.4, 0.5) is 8.78 Å². The van der Waals surface area contributed by atoms with Crippen LogP contribution in [0.3, 0.4) is 0 Å². The van der Waals surface area contributed by atoms with Crippen molar-refractivity contribution >= 4 is 0 Å². The quantitative estimate of drug-likeness (QED) is 0.746. The lowest BCUT2D eigenvalue weighted by molar-refractivity contribution is 0.232. The van der Waals surface area contributed by atoms with E-state index in [1.54, 1.807) is 12.1 Å². The van der Waals surface area contributed by atoms with Crippen LogP contribution in [0, 0.1) is 57.0 Å². The molecule has 1 aromatic carbocycles. The molecule has 2 aromatic rings. The Morgan fingerprint density at radius 1 is 1.16 bits per heavy atom. The molecule has 32 heavy (non-hydrogen) atoms. The normalized spacial score (nSPS) is 21.5. The number of benzene rings is 1. The van der Waals surface area contributed by atoms with Gasteiger partial charge in [0.05, 0.1) is 29.3 Å². The maximum absolute atomic E-state index is 13.8. The van der Waals surface area contributed by atoms with Crippen LogP contribution in [0.1, 0.15) is 36.7 Å². The van der Waals surface area contributed by atoms with Crippen molar-refractivity contribution in [1.29, 1.82) is 15.8 Å². The molecular formula is C24H18F2N4O2. The van der Waals surface area contributed by atoms with Crippen molar-refractivity contribution in [1.82, 2.24) is 0 Å². The Morgan fingerprint density at radius 2 is 1.94 bits per heavy atom. The third-order valence-electron chi connectivity index (χ3n) is 6.05. The van der Waals surface area contributed by atoms with Gasteiger partial charge in [0.1, 0.15) is 30.0 Å². The predicted molar refractivity (Wildman–Crippen MR) is 108 cm³/mol. The molecule has 0 amide bonds. The summed E-state index contributed by atoms with van der Waals surface area (Å²) in [5, 5.41) is 29.7. The van der Waals surface area contributed by atoms with Crippen LogP contribution in [0.25, 0.3) is 0 Å². The lowest BCUT2D eigenvalue weighted by Crippen LogP contribution is -2.42. The molecule has 2 atom stereocenters. The Bertz CT molecular complexity index is 1240. The van der Waals surface area contributed by atoms with E-state index in [0.717, 1.165) is 30.5 Å². The molecule has 0 saturated heterocycles. The molecule has 1 aromatic heterocycles. The Kier molecular flexibility index (Phi) is 5.43. The maximum Gasteiger partial charge on any atom is 0.194 e. The number of hydrogen-bond acceptors (Lipinski definition) is 6. The fourth-order valence-corrected chi connectivity index (χ4v) is 4.56. The Morgan fingerprint density at radius 3 is 2.62 bits per heavy atom. The lowest BCUT2D eigenvalue weighted by atomic mass is 9.58. The molecule has 0 unspecified atom stereocenters. The molecule has 4 rings (SSSR count). The summed E-state index contributed by atoms with van der Waals surface area (Å²) in [6.45, 7) is -0.135. The Hall–Kier alpha value is -4.09. The maximum atomic E-state index is 13.8. The van der Waals surface area contributed by atoms with E-state index in [0.29, 0.717) is 17.9 Å². The molecule has 8 heteroatoms. The van der Waals surface area contributed by atoms with E-state index in [1.807, 2.05) is 18.2 Å². The van der Waals surface area contributed by atoms with Crippen LogP contribution in [-0.4, -0.2) is 0 Å². The smallest absolute Gasteiger partial charge is 0.194 e. The topological polar surface area (TPSA) is 120 Å². The van der Waals surface area contributed by atoms with Crippen LogP contribution in [0.2, 0.25) is 0 Å². The fraction of sp³-hybridized carbons (Fsp3) is 0.292. The van der Waals surface area contributed by atoms with Crippen LogP contribution < -0.4 is 10.5 Å². The number of nitrogens with two attached hydrogens (primary N) is 1. The molecule has 2 aliphatic carbocycles. The first kappa shape index (κ1) is 21.2. The van der Waals surface area contributed by atoms with E-state index in [4.69, 9.17) is 14.9 Å². The highest BCUT2D eigenvalue weighted by Crippen LogP contribution is 2.56. The van der Waals surface area contributed by atoms with E-state index >= 15 is 0 Å². The predicted octanol–water partition coefficient (Wildman–Crippen LogP) is 4.73. The van der Waals surface area contributed by atoms with Crippen molar-refractivity contribution in [3.63, 3.8) is 0 Å². The number of fused-ring (bicyclic) bond motifs is 1. The largest absolute Gasteiger partial charge is 0.483 e. The number of ether oxygens (including phenoxy) is 1. The number of halogens is 2. The van der Waals surface area contributed by atoms with Crippen molar-refractivity contribution in [3.05, 3.63) is 76.4 Å². The van der Waals surface area contributed by atoms with E-state index in [9.17, 15) is 24.6 Å². The van der Waals surface area contributed by atoms with E-state index < -0.39 is 23.0 Å². The van der Waals surface area contributed by atoms with Crippen LogP contribution in [-0.2, 0) is 6.61 Å². The van der Waals surface area contributed by atoms with Crippen LogP contribution in [0.5, 0.6) is 5.75 Å². The molecule has 0 bridgehead atoms. The molecule has 6 nitrogen and oxygen atoms in total. The second kappa shape index (κ2) is 8.21. The van der Waals surface area contributed by atoms with Gasteiger partial charge >= 0.3 is 0 Å². The average Bonchev–Trinajstić information content (AvgIpc) is 3.26. The van der Waals surface area contributed by atoms with Crippen LogP contribution >= 0.6 is 0 Å². The van der Waals surface area contributed by atoms with Gasteiger partial charge in [-0.15, -0.1) is 0 Å². The first-order valence-corrected chi connectivity index (χ1v) is 10.0. The number of rotatable bonds is 4. The molecule has 1 heterocycles. The standard InChI is InChI=1S/C24H18F2N4O2/c25-14-5-7-20(19(26)9-14)31-11-15-6-8-21(32-15)22-17-4-2-1-3-16(17)18(10-27)23(30)24(22,12-28)13-29/h3,5-9,17,22H,1-2,4,11,30H2/t17-,22+/m0/s1. The van der Waals surface area contributed by atoms with Gasteiger partial charge < -0.3 is 14.9 Å². The molecule has 0 fully saturated rings.